The van der Waals surface area contributed by atoms with Crippen molar-refractivity contribution < 1.29 is 5.11 Å². The zero-order valence-corrected chi connectivity index (χ0v) is 8.54. The average molecular weight is 178 g/mol. The highest BCUT2D eigenvalue weighted by molar-refractivity contribution is 6.93. The molecule has 0 bridgehead atoms. The molecule has 0 atom stereocenters. The molecule has 0 saturated carbocycles. The lowest BCUT2D eigenvalue weighted by molar-refractivity contribution is 0.475. The number of hydrogen-bond acceptors (Lipinski definition) is 1. The van der Waals surface area contributed by atoms with E-state index in [1.807, 2.05) is 17.8 Å². The third-order valence-corrected chi connectivity index (χ3v) is 4.96. The van der Waals surface area contributed by atoms with Gasteiger partial charge in [0.25, 0.3) is 0 Å². The fourth-order valence-electron chi connectivity index (χ4n) is 1.01. The molecule has 0 fully saturated rings. The van der Waals surface area contributed by atoms with E-state index in [2.05, 4.69) is 19.7 Å². The van der Waals surface area contributed by atoms with Crippen LogP contribution < -0.4 is 5.19 Å². The van der Waals surface area contributed by atoms with Gasteiger partial charge in [-0.3, -0.25) is 0 Å². The summed E-state index contributed by atoms with van der Waals surface area (Å²) in [6, 6.07) is 7.41. The first-order valence-electron chi connectivity index (χ1n) is 3.99. The SMILES string of the molecule is C=C[Si](C)(C)c1ccc(O)cc1. The van der Waals surface area contributed by atoms with Crippen LogP contribution in [0.3, 0.4) is 0 Å². The van der Waals surface area contributed by atoms with Crippen LogP contribution in [-0.4, -0.2) is 13.2 Å². The van der Waals surface area contributed by atoms with Gasteiger partial charge >= 0.3 is 0 Å². The molecule has 1 rings (SSSR count). The van der Waals surface area contributed by atoms with Crippen LogP contribution in [-0.2, 0) is 0 Å². The highest BCUT2D eigenvalue weighted by Gasteiger charge is 2.18. The Morgan fingerprint density at radius 1 is 1.25 bits per heavy atom. The molecule has 0 spiro atoms. The van der Waals surface area contributed by atoms with Crippen molar-refractivity contribution in [2.45, 2.75) is 13.1 Å². The van der Waals surface area contributed by atoms with Crippen LogP contribution >= 0.6 is 0 Å². The van der Waals surface area contributed by atoms with Gasteiger partial charge in [-0.15, -0.1) is 6.58 Å². The molecule has 12 heavy (non-hydrogen) atoms. The molecule has 0 heterocycles. The summed E-state index contributed by atoms with van der Waals surface area (Å²) in [6.45, 7) is 8.29. The number of phenols is 1. The Labute approximate surface area is 74.4 Å². The van der Waals surface area contributed by atoms with Crippen molar-refractivity contribution in [3.05, 3.63) is 36.5 Å². The minimum atomic E-state index is -1.42. The zero-order valence-electron chi connectivity index (χ0n) is 7.54. The standard InChI is InChI=1S/C10H14OSi/c1-4-12(2,3)10-7-5-9(11)6-8-10/h4-8,11H,1H2,2-3H3. The lowest BCUT2D eigenvalue weighted by Gasteiger charge is -2.17. The van der Waals surface area contributed by atoms with Crippen molar-refractivity contribution in [3.63, 3.8) is 0 Å². The van der Waals surface area contributed by atoms with Gasteiger partial charge in [-0.2, -0.15) is 0 Å². The van der Waals surface area contributed by atoms with E-state index in [-0.39, 0.29) is 0 Å². The van der Waals surface area contributed by atoms with Gasteiger partial charge in [-0.05, 0) is 12.1 Å². The fraction of sp³-hybridized carbons (Fsp3) is 0.200. The molecular weight excluding hydrogens is 164 g/mol. The molecule has 1 nitrogen and oxygen atoms in total. The highest BCUT2D eigenvalue weighted by Crippen LogP contribution is 2.08. The third-order valence-electron chi connectivity index (χ3n) is 2.12. The van der Waals surface area contributed by atoms with Gasteiger partial charge in [0.1, 0.15) is 13.8 Å². The van der Waals surface area contributed by atoms with Crippen LogP contribution in [0.5, 0.6) is 5.75 Å². The summed E-state index contributed by atoms with van der Waals surface area (Å²) >= 11 is 0. The lowest BCUT2D eigenvalue weighted by atomic mass is 10.3. The molecule has 1 aromatic rings. The first kappa shape index (κ1) is 9.07. The van der Waals surface area contributed by atoms with Crippen LogP contribution in [0, 0.1) is 0 Å². The van der Waals surface area contributed by atoms with E-state index < -0.39 is 8.07 Å². The molecule has 0 radical (unpaired) electrons. The number of hydrogen-bond donors (Lipinski definition) is 1. The Morgan fingerprint density at radius 2 is 1.75 bits per heavy atom. The second-order valence-corrected chi connectivity index (χ2v) is 7.90. The van der Waals surface area contributed by atoms with Crippen LogP contribution in [0.2, 0.25) is 13.1 Å². The lowest BCUT2D eigenvalue weighted by Crippen LogP contribution is -2.38. The van der Waals surface area contributed by atoms with Crippen molar-refractivity contribution in [1.29, 1.82) is 0 Å². The first-order valence-corrected chi connectivity index (χ1v) is 7.07. The van der Waals surface area contributed by atoms with E-state index in [1.54, 1.807) is 12.1 Å². The highest BCUT2D eigenvalue weighted by atomic mass is 28.3. The molecule has 0 aliphatic carbocycles. The van der Waals surface area contributed by atoms with Gasteiger partial charge in [0, 0.05) is 0 Å². The molecule has 0 unspecified atom stereocenters. The Hall–Kier alpha value is -1.02. The Kier molecular flexibility index (Phi) is 2.38. The van der Waals surface area contributed by atoms with Crippen molar-refractivity contribution in [1.82, 2.24) is 0 Å². The number of benzene rings is 1. The van der Waals surface area contributed by atoms with Gasteiger partial charge in [-0.25, -0.2) is 0 Å². The summed E-state index contributed by atoms with van der Waals surface area (Å²) in [5.74, 6) is 0.326. The summed E-state index contributed by atoms with van der Waals surface area (Å²) < 4.78 is 0. The van der Waals surface area contributed by atoms with E-state index in [0.29, 0.717) is 5.75 Å². The molecular formula is C10H14OSi. The fourth-order valence-corrected chi connectivity index (χ4v) is 2.27. The second-order valence-electron chi connectivity index (χ2n) is 3.47. The van der Waals surface area contributed by atoms with Crippen LogP contribution in [0.15, 0.2) is 36.5 Å². The predicted molar refractivity (Wildman–Crippen MR) is 55.4 cm³/mol. The molecule has 0 aromatic heterocycles. The van der Waals surface area contributed by atoms with Crippen molar-refractivity contribution >= 4 is 13.3 Å². The maximum Gasteiger partial charge on any atom is 0.115 e. The average Bonchev–Trinajstić information content (AvgIpc) is 2.05. The normalized spacial score (nSPS) is 11.2. The predicted octanol–water partition coefficient (Wildman–Crippen LogP) is 2.03. The quantitative estimate of drug-likeness (QED) is 0.687. The summed E-state index contributed by atoms with van der Waals surface area (Å²) in [6.07, 6.45) is 0. The van der Waals surface area contributed by atoms with Crippen molar-refractivity contribution in [3.8, 4) is 5.75 Å². The zero-order chi connectivity index (χ0) is 9.19. The Bertz CT molecular complexity index is 274. The summed E-state index contributed by atoms with van der Waals surface area (Å²) in [4.78, 5) is 0. The number of phenolic OH excluding ortho intramolecular Hbond substituents is 1. The van der Waals surface area contributed by atoms with E-state index in [4.69, 9.17) is 5.11 Å². The minimum absolute atomic E-state index is 0.326. The summed E-state index contributed by atoms with van der Waals surface area (Å²) in [7, 11) is -1.42. The van der Waals surface area contributed by atoms with E-state index in [9.17, 15) is 0 Å². The van der Waals surface area contributed by atoms with Gasteiger partial charge in [0.15, 0.2) is 0 Å². The monoisotopic (exact) mass is 178 g/mol. The maximum atomic E-state index is 9.08. The molecule has 1 N–H and O–H groups in total. The van der Waals surface area contributed by atoms with Gasteiger partial charge < -0.3 is 5.11 Å². The third kappa shape index (κ3) is 1.77. The molecule has 0 saturated heterocycles. The largest absolute Gasteiger partial charge is 0.508 e. The van der Waals surface area contributed by atoms with Crippen molar-refractivity contribution in [2.24, 2.45) is 0 Å². The second kappa shape index (κ2) is 3.15. The Balaban J connectivity index is 3.04. The topological polar surface area (TPSA) is 20.2 Å². The number of rotatable bonds is 2. The molecule has 0 aliphatic rings. The van der Waals surface area contributed by atoms with Crippen LogP contribution in [0.25, 0.3) is 0 Å². The van der Waals surface area contributed by atoms with Crippen molar-refractivity contribution in [2.75, 3.05) is 0 Å². The molecule has 64 valence electrons. The maximum absolute atomic E-state index is 9.08. The number of aromatic hydroxyl groups is 1. The van der Waals surface area contributed by atoms with E-state index in [0.717, 1.165) is 0 Å². The van der Waals surface area contributed by atoms with E-state index in [1.165, 1.54) is 5.19 Å². The molecule has 0 amide bonds. The van der Waals surface area contributed by atoms with Gasteiger partial charge in [0.2, 0.25) is 0 Å². The summed E-state index contributed by atoms with van der Waals surface area (Å²) in [5, 5.41) is 10.4. The Morgan fingerprint density at radius 3 is 2.17 bits per heavy atom. The first-order chi connectivity index (χ1) is 5.56. The van der Waals surface area contributed by atoms with Gasteiger partial charge in [0.05, 0.1) is 0 Å². The van der Waals surface area contributed by atoms with Gasteiger partial charge in [-0.1, -0.05) is 36.1 Å². The van der Waals surface area contributed by atoms with Crippen LogP contribution in [0.4, 0.5) is 0 Å². The molecule has 1 aromatic carbocycles. The minimum Gasteiger partial charge on any atom is -0.508 e. The molecule has 0 aliphatic heterocycles. The summed E-state index contributed by atoms with van der Waals surface area (Å²) in [5.41, 5.74) is 2.04. The van der Waals surface area contributed by atoms with Crippen LogP contribution in [0.1, 0.15) is 0 Å². The smallest absolute Gasteiger partial charge is 0.115 e. The van der Waals surface area contributed by atoms with E-state index >= 15 is 0 Å². The molecule has 2 heteroatoms.